The van der Waals surface area contributed by atoms with Crippen molar-refractivity contribution in [3.63, 3.8) is 0 Å². The molecule has 27 heavy (non-hydrogen) atoms. The molecule has 3 aromatic rings. The third-order valence-electron chi connectivity index (χ3n) is 4.89. The van der Waals surface area contributed by atoms with Gasteiger partial charge in [-0.3, -0.25) is 14.5 Å². The number of carbonyl (C=O) groups excluding carboxylic acids is 1. The van der Waals surface area contributed by atoms with Gasteiger partial charge in [0.2, 0.25) is 0 Å². The number of carbonyl (C=O) groups is 1. The van der Waals surface area contributed by atoms with Gasteiger partial charge in [-0.1, -0.05) is 18.2 Å². The lowest BCUT2D eigenvalue weighted by molar-refractivity contribution is 0.0948. The van der Waals surface area contributed by atoms with Gasteiger partial charge in [0, 0.05) is 24.0 Å². The first kappa shape index (κ1) is 17.4. The van der Waals surface area contributed by atoms with Gasteiger partial charge in [-0.25, -0.2) is 4.39 Å². The number of aromatic nitrogens is 3. The summed E-state index contributed by atoms with van der Waals surface area (Å²) in [4.78, 5) is 16.6. The van der Waals surface area contributed by atoms with Gasteiger partial charge in [-0.15, -0.1) is 0 Å². The normalized spacial score (nSPS) is 13.2. The lowest BCUT2D eigenvalue weighted by atomic mass is 9.95. The van der Waals surface area contributed by atoms with E-state index in [-0.39, 0.29) is 5.56 Å². The summed E-state index contributed by atoms with van der Waals surface area (Å²) in [5, 5.41) is 7.57. The van der Waals surface area contributed by atoms with E-state index in [1.165, 1.54) is 23.4 Å². The number of benzene rings is 1. The minimum Gasteiger partial charge on any atom is -0.350 e. The molecular weight excluding hydrogens is 343 g/mol. The monoisotopic (exact) mass is 364 g/mol. The number of fused-ring (bicyclic) bond motifs is 1. The molecule has 5 nitrogen and oxygen atoms in total. The highest BCUT2D eigenvalue weighted by Crippen LogP contribution is 2.30. The van der Waals surface area contributed by atoms with E-state index < -0.39 is 11.7 Å². The van der Waals surface area contributed by atoms with Crippen LogP contribution in [0.1, 0.15) is 34.5 Å². The fourth-order valence-corrected chi connectivity index (χ4v) is 3.58. The fraction of sp³-hybridized carbons (Fsp3) is 0.286. The van der Waals surface area contributed by atoms with Gasteiger partial charge in [0.25, 0.3) is 5.91 Å². The van der Waals surface area contributed by atoms with Crippen LogP contribution in [-0.4, -0.2) is 27.2 Å². The number of amides is 1. The molecule has 0 radical (unpaired) electrons. The molecule has 1 aliphatic carbocycles. The predicted molar refractivity (Wildman–Crippen MR) is 101 cm³/mol. The molecule has 1 N–H and O–H groups in total. The number of nitrogens with zero attached hydrogens (tertiary/aromatic N) is 3. The first-order chi connectivity index (χ1) is 13.2. The van der Waals surface area contributed by atoms with Crippen LogP contribution in [0.4, 0.5) is 4.39 Å². The highest BCUT2D eigenvalue weighted by atomic mass is 19.1. The molecule has 1 amide bonds. The van der Waals surface area contributed by atoms with Crippen LogP contribution in [-0.2, 0) is 19.4 Å². The summed E-state index contributed by atoms with van der Waals surface area (Å²) >= 11 is 0. The molecule has 1 aliphatic rings. The molecule has 138 valence electrons. The number of pyridine rings is 1. The van der Waals surface area contributed by atoms with E-state index in [0.717, 1.165) is 37.1 Å². The third-order valence-corrected chi connectivity index (χ3v) is 4.89. The summed E-state index contributed by atoms with van der Waals surface area (Å²) in [7, 11) is 0. The molecule has 0 atom stereocenters. The lowest BCUT2D eigenvalue weighted by Gasteiger charge is -2.14. The van der Waals surface area contributed by atoms with E-state index >= 15 is 0 Å². The van der Waals surface area contributed by atoms with E-state index in [2.05, 4.69) is 10.3 Å². The number of rotatable bonds is 5. The van der Waals surface area contributed by atoms with Crippen molar-refractivity contribution in [1.29, 1.82) is 0 Å². The molecule has 0 aliphatic heterocycles. The largest absolute Gasteiger partial charge is 0.350 e. The summed E-state index contributed by atoms with van der Waals surface area (Å²) in [6.45, 7) is 0.943. The quantitative estimate of drug-likeness (QED) is 0.755. The predicted octanol–water partition coefficient (Wildman–Crippen LogP) is 3.39. The Hall–Kier alpha value is -3.02. The van der Waals surface area contributed by atoms with Crippen molar-refractivity contribution in [2.45, 2.75) is 32.2 Å². The van der Waals surface area contributed by atoms with Crippen molar-refractivity contribution < 1.29 is 9.18 Å². The van der Waals surface area contributed by atoms with Crippen molar-refractivity contribution in [1.82, 2.24) is 20.1 Å². The van der Waals surface area contributed by atoms with E-state index in [1.807, 2.05) is 22.9 Å². The Labute approximate surface area is 157 Å². The minimum atomic E-state index is -0.510. The van der Waals surface area contributed by atoms with E-state index in [4.69, 9.17) is 5.10 Å². The second-order valence-electron chi connectivity index (χ2n) is 6.65. The Kier molecular flexibility index (Phi) is 4.96. The van der Waals surface area contributed by atoms with Gasteiger partial charge in [-0.2, -0.15) is 5.10 Å². The zero-order chi connectivity index (χ0) is 18.6. The van der Waals surface area contributed by atoms with Crippen molar-refractivity contribution >= 4 is 5.91 Å². The van der Waals surface area contributed by atoms with Crippen molar-refractivity contribution in [3.8, 4) is 11.4 Å². The number of halogens is 1. The molecule has 1 aromatic carbocycles. The minimum absolute atomic E-state index is 0.0640. The first-order valence-electron chi connectivity index (χ1n) is 9.27. The standard InChI is InChI=1S/C21H21FN4O/c22-17-9-3-1-7-15(17)21(27)24-13-14-26-19-11-4-2-8-16(19)20(25-26)18-10-5-6-12-23-18/h1,3,5-7,9-10,12H,2,4,8,11,13-14H2,(H,24,27). The summed E-state index contributed by atoms with van der Waals surface area (Å²) in [5.74, 6) is -0.914. The first-order valence-corrected chi connectivity index (χ1v) is 9.27. The number of hydrogen-bond acceptors (Lipinski definition) is 3. The van der Waals surface area contributed by atoms with Crippen LogP contribution in [0.2, 0.25) is 0 Å². The summed E-state index contributed by atoms with van der Waals surface area (Å²) in [5.41, 5.74) is 4.37. The maximum atomic E-state index is 13.7. The van der Waals surface area contributed by atoms with E-state index in [0.29, 0.717) is 13.1 Å². The van der Waals surface area contributed by atoms with E-state index in [1.54, 1.807) is 18.3 Å². The van der Waals surface area contributed by atoms with Crippen molar-refractivity contribution in [3.05, 3.63) is 71.3 Å². The van der Waals surface area contributed by atoms with Gasteiger partial charge in [-0.05, 0) is 49.9 Å². The van der Waals surface area contributed by atoms with Gasteiger partial charge in [0.05, 0.1) is 17.8 Å². The molecule has 2 aromatic heterocycles. The average molecular weight is 364 g/mol. The molecule has 0 saturated heterocycles. The summed E-state index contributed by atoms with van der Waals surface area (Å²) < 4.78 is 15.7. The van der Waals surface area contributed by atoms with Crippen LogP contribution >= 0.6 is 0 Å². The van der Waals surface area contributed by atoms with Crippen LogP contribution in [0.3, 0.4) is 0 Å². The lowest BCUT2D eigenvalue weighted by Crippen LogP contribution is -2.28. The Balaban J connectivity index is 1.50. The smallest absolute Gasteiger partial charge is 0.254 e. The highest BCUT2D eigenvalue weighted by Gasteiger charge is 2.22. The van der Waals surface area contributed by atoms with Crippen LogP contribution in [0, 0.1) is 5.82 Å². The van der Waals surface area contributed by atoms with Gasteiger partial charge in [0.1, 0.15) is 11.5 Å². The van der Waals surface area contributed by atoms with E-state index in [9.17, 15) is 9.18 Å². The Morgan fingerprint density at radius 2 is 1.93 bits per heavy atom. The Morgan fingerprint density at radius 1 is 1.11 bits per heavy atom. The second kappa shape index (κ2) is 7.70. The van der Waals surface area contributed by atoms with Gasteiger partial charge < -0.3 is 5.32 Å². The summed E-state index contributed by atoms with van der Waals surface area (Å²) in [6, 6.07) is 11.8. The average Bonchev–Trinajstić information content (AvgIpc) is 3.08. The van der Waals surface area contributed by atoms with Crippen LogP contribution in [0.5, 0.6) is 0 Å². The zero-order valence-electron chi connectivity index (χ0n) is 15.0. The molecule has 0 saturated carbocycles. The molecule has 2 heterocycles. The second-order valence-corrected chi connectivity index (χ2v) is 6.65. The maximum Gasteiger partial charge on any atom is 0.254 e. The van der Waals surface area contributed by atoms with Crippen molar-refractivity contribution in [2.75, 3.05) is 6.54 Å². The third kappa shape index (κ3) is 3.60. The van der Waals surface area contributed by atoms with Crippen LogP contribution in [0.25, 0.3) is 11.4 Å². The van der Waals surface area contributed by atoms with Crippen LogP contribution < -0.4 is 5.32 Å². The fourth-order valence-electron chi connectivity index (χ4n) is 3.58. The molecular formula is C21H21FN4O. The number of hydrogen-bond donors (Lipinski definition) is 1. The van der Waals surface area contributed by atoms with Gasteiger partial charge in [0.15, 0.2) is 0 Å². The molecule has 0 spiro atoms. The zero-order valence-corrected chi connectivity index (χ0v) is 15.0. The van der Waals surface area contributed by atoms with Crippen molar-refractivity contribution in [2.24, 2.45) is 0 Å². The maximum absolute atomic E-state index is 13.7. The Bertz CT molecular complexity index is 952. The molecule has 0 fully saturated rings. The topological polar surface area (TPSA) is 59.8 Å². The molecule has 0 unspecified atom stereocenters. The SMILES string of the molecule is O=C(NCCn1nc(-c2ccccn2)c2c1CCCC2)c1ccccc1F. The van der Waals surface area contributed by atoms with Gasteiger partial charge >= 0.3 is 0 Å². The molecule has 0 bridgehead atoms. The molecule has 6 heteroatoms. The Morgan fingerprint density at radius 3 is 2.74 bits per heavy atom. The summed E-state index contributed by atoms with van der Waals surface area (Å²) in [6.07, 6.45) is 6.06. The number of nitrogens with one attached hydrogen (secondary N) is 1. The van der Waals surface area contributed by atoms with Crippen LogP contribution in [0.15, 0.2) is 48.7 Å². The highest BCUT2D eigenvalue weighted by molar-refractivity contribution is 5.94. The molecule has 4 rings (SSSR count).